The smallest absolute Gasteiger partial charge is 0.251 e. The van der Waals surface area contributed by atoms with E-state index in [1.807, 2.05) is 0 Å². The Balaban J connectivity index is 0.00000144. The van der Waals surface area contributed by atoms with Crippen LogP contribution >= 0.6 is 24.8 Å². The molecule has 0 saturated carbocycles. The van der Waals surface area contributed by atoms with E-state index in [-0.39, 0.29) is 48.2 Å². The fraction of sp³-hybridized carbons (Fsp3) is 0.440. The van der Waals surface area contributed by atoms with Crippen LogP contribution in [0, 0.1) is 5.82 Å². The van der Waals surface area contributed by atoms with E-state index in [1.165, 1.54) is 11.6 Å². The summed E-state index contributed by atoms with van der Waals surface area (Å²) in [6, 6.07) is 8.60. The van der Waals surface area contributed by atoms with E-state index in [2.05, 4.69) is 21.3 Å². The number of piperidine rings is 1. The Bertz CT molecular complexity index is 1290. The summed E-state index contributed by atoms with van der Waals surface area (Å²) in [7, 11) is 0. The van der Waals surface area contributed by atoms with Crippen LogP contribution < -0.4 is 15.6 Å². The van der Waals surface area contributed by atoms with Gasteiger partial charge in [0, 0.05) is 61.8 Å². The van der Waals surface area contributed by atoms with Gasteiger partial charge in [-0.2, -0.15) is 0 Å². The van der Waals surface area contributed by atoms with Crippen molar-refractivity contribution in [1.29, 1.82) is 0 Å². The lowest BCUT2D eigenvalue weighted by Gasteiger charge is -2.37. The molecule has 0 aliphatic carbocycles. The van der Waals surface area contributed by atoms with Crippen molar-refractivity contribution < 1.29 is 14.2 Å². The van der Waals surface area contributed by atoms with Crippen molar-refractivity contribution in [3.05, 3.63) is 69.5 Å². The van der Waals surface area contributed by atoms with Gasteiger partial charge in [0.1, 0.15) is 11.6 Å². The number of hydrogen-bond donors (Lipinski definition) is 2. The van der Waals surface area contributed by atoms with Crippen LogP contribution in [0.25, 0.3) is 10.9 Å². The van der Waals surface area contributed by atoms with Gasteiger partial charge in [0.15, 0.2) is 0 Å². The van der Waals surface area contributed by atoms with Gasteiger partial charge in [0.2, 0.25) is 0 Å². The van der Waals surface area contributed by atoms with E-state index in [0.717, 1.165) is 41.7 Å². The molecule has 7 nitrogen and oxygen atoms in total. The summed E-state index contributed by atoms with van der Waals surface area (Å²) in [6.07, 6.45) is 2.96. The fourth-order valence-corrected chi connectivity index (χ4v) is 5.60. The third-order valence-electron chi connectivity index (χ3n) is 7.27. The zero-order valence-corrected chi connectivity index (χ0v) is 20.8. The van der Waals surface area contributed by atoms with Crippen LogP contribution in [0.15, 0.2) is 41.3 Å². The maximum Gasteiger partial charge on any atom is 0.251 e. The molecule has 5 heterocycles. The predicted octanol–water partition coefficient (Wildman–Crippen LogP) is 2.64. The second-order valence-corrected chi connectivity index (χ2v) is 9.36. The number of halogens is 3. The van der Waals surface area contributed by atoms with E-state index in [0.29, 0.717) is 38.3 Å². The highest BCUT2D eigenvalue weighted by Gasteiger charge is 2.33. The van der Waals surface area contributed by atoms with Crippen LogP contribution in [-0.4, -0.2) is 57.9 Å². The Hall–Kier alpha value is -2.23. The quantitative estimate of drug-likeness (QED) is 0.536. The number of aliphatic hydroxyl groups excluding tert-OH is 1. The number of ether oxygens (including phenoxy) is 1. The highest BCUT2D eigenvalue weighted by atomic mass is 35.5. The topological polar surface area (TPSA) is 79.6 Å². The minimum atomic E-state index is -0.524. The highest BCUT2D eigenvalue weighted by molar-refractivity contribution is 5.86. The summed E-state index contributed by atoms with van der Waals surface area (Å²) < 4.78 is 22.0. The van der Waals surface area contributed by atoms with Crippen molar-refractivity contribution in [2.45, 2.75) is 44.0 Å². The third-order valence-corrected chi connectivity index (χ3v) is 7.27. The lowest BCUT2D eigenvalue weighted by molar-refractivity contribution is 0.0367. The number of benzene rings is 1. The second-order valence-electron chi connectivity index (χ2n) is 9.36. The molecule has 2 N–H and O–H groups in total. The normalized spacial score (nSPS) is 22.9. The molecule has 6 rings (SSSR count). The first kappa shape index (κ1) is 25.9. The van der Waals surface area contributed by atoms with Gasteiger partial charge in [-0.05, 0) is 42.6 Å². The SMILES string of the molecule is Cl.Cl.O=c1ccc2ccc(F)c3c2n1CC3CN1CC[C@H](NCc2cc3c(cn2)OCC3)[C@H](O)C1. The average Bonchev–Trinajstić information content (AvgIpc) is 3.43. The number of pyridine rings is 2. The maximum absolute atomic E-state index is 14.8. The van der Waals surface area contributed by atoms with Gasteiger partial charge >= 0.3 is 0 Å². The lowest BCUT2D eigenvalue weighted by atomic mass is 9.96. The molecule has 3 atom stereocenters. The standard InChI is InChI=1S/C25H27FN4O3.2ClH/c26-19-3-1-15-2-4-23(32)30-13-17(24(19)25(15)30)12-29-7-5-20(21(31)14-29)28-10-18-9-16-6-8-33-22(16)11-27-18;;/h1-4,9,11,17,20-21,28,31H,5-8,10,12-14H2;2*1H/t17?,20-,21+;;/m0../s1. The first-order valence-electron chi connectivity index (χ1n) is 11.6. The minimum absolute atomic E-state index is 0. The first-order valence-corrected chi connectivity index (χ1v) is 11.6. The Labute approximate surface area is 215 Å². The molecule has 188 valence electrons. The molecule has 0 bridgehead atoms. The summed E-state index contributed by atoms with van der Waals surface area (Å²) >= 11 is 0. The Morgan fingerprint density at radius 3 is 2.86 bits per heavy atom. The lowest BCUT2D eigenvalue weighted by Crippen LogP contribution is -2.53. The monoisotopic (exact) mass is 522 g/mol. The Morgan fingerprint density at radius 2 is 2.03 bits per heavy atom. The van der Waals surface area contributed by atoms with Crippen molar-refractivity contribution in [1.82, 2.24) is 19.8 Å². The van der Waals surface area contributed by atoms with Gasteiger partial charge < -0.3 is 19.7 Å². The summed E-state index contributed by atoms with van der Waals surface area (Å²) in [5, 5.41) is 15.1. The number of nitrogens with zero attached hydrogens (tertiary/aromatic N) is 3. The molecule has 3 aliphatic rings. The highest BCUT2D eigenvalue weighted by Crippen LogP contribution is 2.35. The van der Waals surface area contributed by atoms with E-state index >= 15 is 0 Å². The molecule has 0 spiro atoms. The molecular weight excluding hydrogens is 494 g/mol. The molecule has 1 fully saturated rings. The number of aliphatic hydroxyl groups is 1. The predicted molar refractivity (Wildman–Crippen MR) is 137 cm³/mol. The second kappa shape index (κ2) is 10.4. The van der Waals surface area contributed by atoms with Crippen LogP contribution in [-0.2, 0) is 19.5 Å². The number of aromatic nitrogens is 2. The van der Waals surface area contributed by atoms with Gasteiger partial charge in [-0.15, -0.1) is 24.8 Å². The number of fused-ring (bicyclic) bond motifs is 1. The molecule has 1 aromatic carbocycles. The number of hydrogen-bond acceptors (Lipinski definition) is 6. The van der Waals surface area contributed by atoms with Crippen LogP contribution in [0.1, 0.15) is 29.2 Å². The van der Waals surface area contributed by atoms with Crippen LogP contribution in [0.3, 0.4) is 0 Å². The van der Waals surface area contributed by atoms with E-state index in [4.69, 9.17) is 4.74 Å². The van der Waals surface area contributed by atoms with Crippen LogP contribution in [0.2, 0.25) is 0 Å². The van der Waals surface area contributed by atoms with E-state index in [9.17, 15) is 14.3 Å². The van der Waals surface area contributed by atoms with Crippen LogP contribution in [0.5, 0.6) is 5.75 Å². The number of rotatable bonds is 5. The van der Waals surface area contributed by atoms with Gasteiger partial charge in [-0.1, -0.05) is 0 Å². The molecule has 0 amide bonds. The summed E-state index contributed by atoms with van der Waals surface area (Å²) in [4.78, 5) is 19.0. The Kier molecular flexibility index (Phi) is 7.68. The van der Waals surface area contributed by atoms with Gasteiger partial charge in [0.25, 0.3) is 5.56 Å². The van der Waals surface area contributed by atoms with E-state index < -0.39 is 6.10 Å². The number of likely N-dealkylation sites (tertiary alicyclic amines) is 1. The van der Waals surface area contributed by atoms with Crippen molar-refractivity contribution >= 4 is 35.7 Å². The molecule has 10 heteroatoms. The van der Waals surface area contributed by atoms with Gasteiger partial charge in [0.05, 0.1) is 30.1 Å². The third kappa shape index (κ3) is 4.78. The minimum Gasteiger partial charge on any atom is -0.491 e. The average molecular weight is 523 g/mol. The molecule has 0 radical (unpaired) electrons. The summed E-state index contributed by atoms with van der Waals surface area (Å²) in [5.41, 5.74) is 3.40. The first-order chi connectivity index (χ1) is 16.1. The van der Waals surface area contributed by atoms with Crippen molar-refractivity contribution in [2.24, 2.45) is 0 Å². The molecule has 2 aromatic heterocycles. The molecule has 3 aromatic rings. The molecule has 1 unspecified atom stereocenters. The zero-order valence-electron chi connectivity index (χ0n) is 19.2. The molecule has 3 aliphatic heterocycles. The summed E-state index contributed by atoms with van der Waals surface area (Å²) in [6.45, 7) is 3.73. The van der Waals surface area contributed by atoms with Crippen molar-refractivity contribution in [3.8, 4) is 5.75 Å². The molecular formula is C25H29Cl2FN4O3. The Morgan fingerprint density at radius 1 is 1.20 bits per heavy atom. The van der Waals surface area contributed by atoms with Crippen molar-refractivity contribution in [2.75, 3.05) is 26.2 Å². The largest absolute Gasteiger partial charge is 0.491 e. The summed E-state index contributed by atoms with van der Waals surface area (Å²) in [5.74, 6) is 0.516. The van der Waals surface area contributed by atoms with Crippen molar-refractivity contribution in [3.63, 3.8) is 0 Å². The van der Waals surface area contributed by atoms with Gasteiger partial charge in [-0.3, -0.25) is 14.7 Å². The molecule has 1 saturated heterocycles. The van der Waals surface area contributed by atoms with Crippen LogP contribution in [0.4, 0.5) is 4.39 Å². The number of nitrogens with one attached hydrogen (secondary N) is 1. The fourth-order valence-electron chi connectivity index (χ4n) is 5.60. The maximum atomic E-state index is 14.8. The zero-order chi connectivity index (χ0) is 22.5. The molecule has 35 heavy (non-hydrogen) atoms. The van der Waals surface area contributed by atoms with E-state index in [1.54, 1.807) is 29.0 Å². The number of β-amino-alcohol motifs (C(OH)–C–C–N with tert-alkyl or cyclic N) is 1. The van der Waals surface area contributed by atoms with Gasteiger partial charge in [-0.25, -0.2) is 4.39 Å².